The summed E-state index contributed by atoms with van der Waals surface area (Å²) in [4.78, 5) is 14.6. The van der Waals surface area contributed by atoms with E-state index in [1.807, 2.05) is 30.0 Å². The van der Waals surface area contributed by atoms with Gasteiger partial charge in [0.1, 0.15) is 18.1 Å². The summed E-state index contributed by atoms with van der Waals surface area (Å²) in [6.07, 6.45) is 2.21. The van der Waals surface area contributed by atoms with Crippen molar-refractivity contribution in [1.82, 2.24) is 4.90 Å². The zero-order valence-electron chi connectivity index (χ0n) is 15.4. The Kier molecular flexibility index (Phi) is 4.49. The van der Waals surface area contributed by atoms with Crippen molar-refractivity contribution < 1.29 is 13.9 Å². The molecular formula is C21H26N2O3. The maximum atomic E-state index is 12.7. The quantitative estimate of drug-likeness (QED) is 0.915. The third-order valence-electron chi connectivity index (χ3n) is 5.77. The van der Waals surface area contributed by atoms with Gasteiger partial charge in [0.15, 0.2) is 5.76 Å². The Labute approximate surface area is 154 Å². The lowest BCUT2D eigenvalue weighted by Gasteiger charge is -2.17. The van der Waals surface area contributed by atoms with Crippen LogP contribution in [0.3, 0.4) is 0 Å². The molecule has 2 heterocycles. The minimum Gasteiger partial charge on any atom is -0.485 e. The molecule has 2 fully saturated rings. The van der Waals surface area contributed by atoms with Crippen LogP contribution in [0.5, 0.6) is 5.75 Å². The first kappa shape index (κ1) is 17.2. The van der Waals surface area contributed by atoms with E-state index in [4.69, 9.17) is 14.9 Å². The Hall–Kier alpha value is -2.27. The first-order valence-electron chi connectivity index (χ1n) is 9.35. The average Bonchev–Trinajstić information content (AvgIpc) is 3.31. The molecule has 5 heteroatoms. The molecule has 26 heavy (non-hydrogen) atoms. The number of likely N-dealkylation sites (tertiary alicyclic amines) is 1. The highest BCUT2D eigenvalue weighted by molar-refractivity contribution is 5.91. The lowest BCUT2D eigenvalue weighted by atomic mass is 9.98. The lowest BCUT2D eigenvalue weighted by molar-refractivity contribution is 0.0743. The van der Waals surface area contributed by atoms with Gasteiger partial charge in [0.2, 0.25) is 0 Å². The van der Waals surface area contributed by atoms with Crippen LogP contribution in [-0.2, 0) is 6.61 Å². The van der Waals surface area contributed by atoms with Gasteiger partial charge in [-0.25, -0.2) is 0 Å². The molecule has 3 atom stereocenters. The predicted octanol–water partition coefficient (Wildman–Crippen LogP) is 3.28. The van der Waals surface area contributed by atoms with Gasteiger partial charge >= 0.3 is 0 Å². The molecule has 3 unspecified atom stereocenters. The van der Waals surface area contributed by atoms with Gasteiger partial charge in [0, 0.05) is 19.1 Å². The number of carbonyl (C=O) groups excluding carboxylic acids is 1. The number of furan rings is 1. The SMILES string of the molecule is Cc1ccc(OCc2ccc(C(=O)N3CC4CCC(N)C4C3)o2)c(C)c1. The van der Waals surface area contributed by atoms with Gasteiger partial charge in [-0.3, -0.25) is 4.79 Å². The Morgan fingerprint density at radius 3 is 2.85 bits per heavy atom. The number of ether oxygens (including phenoxy) is 1. The first-order valence-corrected chi connectivity index (χ1v) is 9.35. The first-order chi connectivity index (χ1) is 12.5. The number of nitrogens with two attached hydrogens (primary N) is 1. The van der Waals surface area contributed by atoms with E-state index in [0.717, 1.165) is 37.2 Å². The maximum absolute atomic E-state index is 12.7. The lowest BCUT2D eigenvalue weighted by Crippen LogP contribution is -2.33. The van der Waals surface area contributed by atoms with E-state index in [2.05, 4.69) is 13.0 Å². The van der Waals surface area contributed by atoms with Crippen LogP contribution < -0.4 is 10.5 Å². The number of hydrogen-bond donors (Lipinski definition) is 1. The van der Waals surface area contributed by atoms with Crippen molar-refractivity contribution in [3.05, 3.63) is 53.0 Å². The van der Waals surface area contributed by atoms with Gasteiger partial charge < -0.3 is 19.8 Å². The number of aryl methyl sites for hydroxylation is 2. The summed E-state index contributed by atoms with van der Waals surface area (Å²) in [5, 5.41) is 0. The minimum absolute atomic E-state index is 0.0376. The second kappa shape index (κ2) is 6.80. The highest BCUT2D eigenvalue weighted by atomic mass is 16.5. The normalized spacial score (nSPS) is 24.7. The molecule has 2 aromatic rings. The second-order valence-electron chi connectivity index (χ2n) is 7.70. The molecule has 0 spiro atoms. The number of benzene rings is 1. The molecule has 2 aliphatic rings. The number of amides is 1. The van der Waals surface area contributed by atoms with Crippen LogP contribution in [0, 0.1) is 25.7 Å². The summed E-state index contributed by atoms with van der Waals surface area (Å²) in [6.45, 7) is 5.94. The van der Waals surface area contributed by atoms with Crippen LogP contribution in [0.15, 0.2) is 34.7 Å². The molecule has 1 aromatic carbocycles. The number of rotatable bonds is 4. The molecule has 1 saturated carbocycles. The van der Waals surface area contributed by atoms with Gasteiger partial charge in [-0.2, -0.15) is 0 Å². The number of fused-ring (bicyclic) bond motifs is 1. The topological polar surface area (TPSA) is 68.7 Å². The summed E-state index contributed by atoms with van der Waals surface area (Å²) in [5.74, 6) is 2.84. The Morgan fingerprint density at radius 1 is 1.23 bits per heavy atom. The van der Waals surface area contributed by atoms with Crippen LogP contribution in [0.25, 0.3) is 0 Å². The second-order valence-corrected chi connectivity index (χ2v) is 7.70. The number of hydrogen-bond acceptors (Lipinski definition) is 4. The van der Waals surface area contributed by atoms with E-state index in [0.29, 0.717) is 30.0 Å². The molecule has 1 aliphatic heterocycles. The molecule has 4 rings (SSSR count). The molecule has 1 saturated heterocycles. The van der Waals surface area contributed by atoms with Gasteiger partial charge in [0.05, 0.1) is 0 Å². The highest BCUT2D eigenvalue weighted by Crippen LogP contribution is 2.37. The molecule has 5 nitrogen and oxygen atoms in total. The van der Waals surface area contributed by atoms with E-state index in [1.165, 1.54) is 5.56 Å². The van der Waals surface area contributed by atoms with E-state index >= 15 is 0 Å². The zero-order chi connectivity index (χ0) is 18.3. The van der Waals surface area contributed by atoms with Crippen LogP contribution in [-0.4, -0.2) is 29.9 Å². The molecule has 138 valence electrons. The van der Waals surface area contributed by atoms with Gasteiger partial charge in [-0.1, -0.05) is 17.7 Å². The van der Waals surface area contributed by atoms with Crippen molar-refractivity contribution in [3.8, 4) is 5.75 Å². The molecule has 1 amide bonds. The van der Waals surface area contributed by atoms with Crippen molar-refractivity contribution in [2.75, 3.05) is 13.1 Å². The molecular weight excluding hydrogens is 328 g/mol. The fraction of sp³-hybridized carbons (Fsp3) is 0.476. The van der Waals surface area contributed by atoms with Crippen LogP contribution >= 0.6 is 0 Å². The van der Waals surface area contributed by atoms with Crippen molar-refractivity contribution in [1.29, 1.82) is 0 Å². The zero-order valence-corrected chi connectivity index (χ0v) is 15.4. The average molecular weight is 354 g/mol. The van der Waals surface area contributed by atoms with Crippen LogP contribution in [0.1, 0.15) is 40.3 Å². The van der Waals surface area contributed by atoms with E-state index in [-0.39, 0.29) is 11.9 Å². The van der Waals surface area contributed by atoms with Crippen molar-refractivity contribution >= 4 is 5.91 Å². The maximum Gasteiger partial charge on any atom is 0.289 e. The third-order valence-corrected chi connectivity index (χ3v) is 5.77. The molecule has 2 N–H and O–H groups in total. The van der Waals surface area contributed by atoms with E-state index in [1.54, 1.807) is 6.07 Å². The summed E-state index contributed by atoms with van der Waals surface area (Å²) in [5.41, 5.74) is 8.46. The van der Waals surface area contributed by atoms with Crippen molar-refractivity contribution in [2.45, 2.75) is 39.3 Å². The highest BCUT2D eigenvalue weighted by Gasteiger charge is 2.43. The summed E-state index contributed by atoms with van der Waals surface area (Å²) >= 11 is 0. The minimum atomic E-state index is -0.0376. The Morgan fingerprint density at radius 2 is 2.08 bits per heavy atom. The molecule has 0 bridgehead atoms. The monoisotopic (exact) mass is 354 g/mol. The standard InChI is InChI=1S/C21H26N2O3/c1-13-3-7-19(14(2)9-13)25-12-16-5-8-20(26-16)21(24)23-10-15-4-6-18(22)17(15)11-23/h3,5,7-9,15,17-18H,4,6,10-12,22H2,1-2H3. The van der Waals surface area contributed by atoms with Crippen LogP contribution in [0.4, 0.5) is 0 Å². The number of nitrogens with zero attached hydrogens (tertiary/aromatic N) is 1. The van der Waals surface area contributed by atoms with Gasteiger partial charge in [-0.05, 0) is 62.3 Å². The summed E-state index contributed by atoms with van der Waals surface area (Å²) < 4.78 is 11.6. The third kappa shape index (κ3) is 3.23. The van der Waals surface area contributed by atoms with Crippen molar-refractivity contribution in [3.63, 3.8) is 0 Å². The summed E-state index contributed by atoms with van der Waals surface area (Å²) in [7, 11) is 0. The van der Waals surface area contributed by atoms with E-state index < -0.39 is 0 Å². The Balaban J connectivity index is 1.38. The smallest absolute Gasteiger partial charge is 0.289 e. The Bertz CT molecular complexity index is 813. The fourth-order valence-electron chi connectivity index (χ4n) is 4.31. The predicted molar refractivity (Wildman–Crippen MR) is 99.0 cm³/mol. The molecule has 1 aliphatic carbocycles. The molecule has 0 radical (unpaired) electrons. The van der Waals surface area contributed by atoms with Crippen molar-refractivity contribution in [2.24, 2.45) is 17.6 Å². The molecule has 1 aromatic heterocycles. The summed E-state index contributed by atoms with van der Waals surface area (Å²) in [6, 6.07) is 9.87. The van der Waals surface area contributed by atoms with Gasteiger partial charge in [0.25, 0.3) is 5.91 Å². The number of carbonyl (C=O) groups is 1. The fourth-order valence-corrected chi connectivity index (χ4v) is 4.31. The van der Waals surface area contributed by atoms with Crippen LogP contribution in [0.2, 0.25) is 0 Å². The largest absolute Gasteiger partial charge is 0.485 e. The van der Waals surface area contributed by atoms with E-state index in [9.17, 15) is 4.79 Å². The van der Waals surface area contributed by atoms with Gasteiger partial charge in [-0.15, -0.1) is 0 Å².